The van der Waals surface area contributed by atoms with Crippen molar-refractivity contribution < 1.29 is 13.3 Å². The van der Waals surface area contributed by atoms with Crippen LogP contribution in [0, 0.1) is 10.1 Å². The number of nitrogens with zero attached hydrogens (tertiary/aromatic N) is 2. The predicted molar refractivity (Wildman–Crippen MR) is 75.8 cm³/mol. The minimum atomic E-state index is -3.54. The summed E-state index contributed by atoms with van der Waals surface area (Å²) in [5, 5.41) is 11.5. The fourth-order valence-electron chi connectivity index (χ4n) is 1.93. The van der Waals surface area contributed by atoms with E-state index in [0.717, 1.165) is 0 Å². The molecular formula is C12H11ClN2O4S. The summed E-state index contributed by atoms with van der Waals surface area (Å²) in [6, 6.07) is 3.90. The highest BCUT2D eigenvalue weighted by Gasteiger charge is 2.21. The third-order valence-electron chi connectivity index (χ3n) is 2.83. The largest absolute Gasteiger partial charge is 0.277 e. The first-order valence-electron chi connectivity index (χ1n) is 5.77. The summed E-state index contributed by atoms with van der Waals surface area (Å²) in [6.45, 7) is 0. The topological polar surface area (TPSA) is 90.2 Å². The van der Waals surface area contributed by atoms with Crippen LogP contribution in [-0.2, 0) is 9.84 Å². The number of hydrogen-bond donors (Lipinski definition) is 0. The average molecular weight is 315 g/mol. The molecule has 0 amide bonds. The first-order valence-corrected chi connectivity index (χ1v) is 7.96. The van der Waals surface area contributed by atoms with Crippen molar-refractivity contribution in [3.63, 3.8) is 0 Å². The molecule has 0 atom stereocenters. The molecule has 0 bridgehead atoms. The van der Waals surface area contributed by atoms with E-state index < -0.39 is 14.8 Å². The number of nitro benzene ring substituents is 1. The zero-order valence-corrected chi connectivity index (χ0v) is 11.9. The van der Waals surface area contributed by atoms with E-state index in [0.29, 0.717) is 6.42 Å². The van der Waals surface area contributed by atoms with Crippen molar-refractivity contribution in [2.24, 2.45) is 0 Å². The Morgan fingerprint density at radius 2 is 2.00 bits per heavy atom. The Bertz CT molecular complexity index is 761. The second-order valence-electron chi connectivity index (χ2n) is 4.12. The molecule has 6 nitrogen and oxygen atoms in total. The molecule has 0 unspecified atom stereocenters. The summed E-state index contributed by atoms with van der Waals surface area (Å²) < 4.78 is 24.5. The number of aromatic nitrogens is 1. The fraction of sp³-hybridized carbons (Fsp3) is 0.250. The van der Waals surface area contributed by atoms with Gasteiger partial charge in [0.15, 0.2) is 9.84 Å². The van der Waals surface area contributed by atoms with Crippen LogP contribution in [-0.4, -0.2) is 30.0 Å². The molecule has 1 aromatic heterocycles. The summed E-state index contributed by atoms with van der Waals surface area (Å²) in [6.07, 6.45) is 3.04. The molecule has 0 aliphatic carbocycles. The molecule has 0 saturated carbocycles. The van der Waals surface area contributed by atoms with Gasteiger partial charge in [-0.15, -0.1) is 11.6 Å². The Hall–Kier alpha value is -1.73. The maximum absolute atomic E-state index is 12.2. The smallest absolute Gasteiger partial charge is 0.264 e. The van der Waals surface area contributed by atoms with Gasteiger partial charge >= 0.3 is 0 Å². The quantitative estimate of drug-likeness (QED) is 0.480. The predicted octanol–water partition coefficient (Wildman–Crippen LogP) is 2.55. The monoisotopic (exact) mass is 314 g/mol. The molecule has 2 aromatic rings. The van der Waals surface area contributed by atoms with E-state index in [1.807, 2.05) is 0 Å². The van der Waals surface area contributed by atoms with Gasteiger partial charge in [0.25, 0.3) is 5.69 Å². The van der Waals surface area contributed by atoms with Gasteiger partial charge in [0.1, 0.15) is 0 Å². The van der Waals surface area contributed by atoms with Crippen LogP contribution in [0.15, 0.2) is 35.5 Å². The third kappa shape index (κ3) is 2.73. The number of alkyl halides is 1. The van der Waals surface area contributed by atoms with E-state index in [2.05, 4.69) is 4.98 Å². The van der Waals surface area contributed by atoms with Crippen molar-refractivity contribution in [2.45, 2.75) is 11.3 Å². The summed E-state index contributed by atoms with van der Waals surface area (Å²) in [5.74, 6) is 0.140. The molecule has 0 saturated heterocycles. The van der Waals surface area contributed by atoms with Crippen LogP contribution >= 0.6 is 11.6 Å². The number of rotatable bonds is 5. The van der Waals surface area contributed by atoms with E-state index in [-0.39, 0.29) is 33.0 Å². The maximum Gasteiger partial charge on any atom is 0.277 e. The van der Waals surface area contributed by atoms with Crippen LogP contribution in [0.3, 0.4) is 0 Å². The Balaban J connectivity index is 2.68. The highest BCUT2D eigenvalue weighted by Crippen LogP contribution is 2.30. The van der Waals surface area contributed by atoms with Gasteiger partial charge in [0, 0.05) is 29.7 Å². The molecule has 0 spiro atoms. The first kappa shape index (κ1) is 14.7. The lowest BCUT2D eigenvalue weighted by Crippen LogP contribution is -2.08. The first-order chi connectivity index (χ1) is 9.47. The van der Waals surface area contributed by atoms with Crippen molar-refractivity contribution in [1.29, 1.82) is 0 Å². The normalized spacial score (nSPS) is 11.7. The zero-order valence-electron chi connectivity index (χ0n) is 10.3. The maximum atomic E-state index is 12.2. The van der Waals surface area contributed by atoms with E-state index >= 15 is 0 Å². The molecule has 0 aliphatic rings. The molecule has 0 N–H and O–H groups in total. The fourth-order valence-corrected chi connectivity index (χ4v) is 3.74. The molecule has 0 aliphatic heterocycles. The number of nitro groups is 1. The second-order valence-corrected chi connectivity index (χ2v) is 6.58. The van der Waals surface area contributed by atoms with E-state index in [4.69, 9.17) is 11.6 Å². The van der Waals surface area contributed by atoms with Crippen LogP contribution in [0.1, 0.15) is 6.42 Å². The number of benzene rings is 1. The molecule has 0 radical (unpaired) electrons. The zero-order chi connectivity index (χ0) is 14.8. The van der Waals surface area contributed by atoms with Gasteiger partial charge in [-0.25, -0.2) is 8.42 Å². The molecule has 0 fully saturated rings. The van der Waals surface area contributed by atoms with Crippen LogP contribution in [0.4, 0.5) is 5.69 Å². The lowest BCUT2D eigenvalue weighted by Gasteiger charge is -2.07. The molecule has 106 valence electrons. The van der Waals surface area contributed by atoms with Crippen LogP contribution in [0.5, 0.6) is 0 Å². The minimum absolute atomic E-state index is 0.0521. The Morgan fingerprint density at radius 3 is 2.65 bits per heavy atom. The van der Waals surface area contributed by atoms with Gasteiger partial charge in [-0.05, 0) is 18.6 Å². The standard InChI is InChI=1S/C12H11ClN2O4S/c13-5-1-7-20(18,19)12-3-2-11(15(16)17)9-4-6-14-8-10(9)12/h2-4,6,8H,1,5,7H2. The van der Waals surface area contributed by atoms with Gasteiger partial charge in [-0.2, -0.15) is 0 Å². The van der Waals surface area contributed by atoms with Gasteiger partial charge in [-0.1, -0.05) is 0 Å². The molecule has 1 heterocycles. The number of hydrogen-bond acceptors (Lipinski definition) is 5. The van der Waals surface area contributed by atoms with Crippen molar-refractivity contribution in [1.82, 2.24) is 4.98 Å². The van der Waals surface area contributed by atoms with E-state index in [1.165, 1.54) is 30.6 Å². The molecule has 8 heteroatoms. The second kappa shape index (κ2) is 5.72. The summed E-state index contributed by atoms with van der Waals surface area (Å²) in [7, 11) is -3.54. The third-order valence-corrected chi connectivity index (χ3v) is 4.95. The van der Waals surface area contributed by atoms with Gasteiger partial charge < -0.3 is 0 Å². The van der Waals surface area contributed by atoms with Crippen molar-refractivity contribution >= 4 is 37.9 Å². The van der Waals surface area contributed by atoms with E-state index in [9.17, 15) is 18.5 Å². The lowest BCUT2D eigenvalue weighted by atomic mass is 10.1. The van der Waals surface area contributed by atoms with Crippen LogP contribution in [0.2, 0.25) is 0 Å². The highest BCUT2D eigenvalue weighted by molar-refractivity contribution is 7.91. The Morgan fingerprint density at radius 1 is 1.25 bits per heavy atom. The van der Waals surface area contributed by atoms with Gasteiger partial charge in [0.05, 0.1) is 21.0 Å². The summed E-state index contributed by atoms with van der Waals surface area (Å²) in [4.78, 5) is 14.3. The number of fused-ring (bicyclic) bond motifs is 1. The Labute approximate surface area is 120 Å². The highest BCUT2D eigenvalue weighted by atomic mass is 35.5. The van der Waals surface area contributed by atoms with Crippen molar-refractivity contribution in [3.8, 4) is 0 Å². The molecule has 1 aromatic carbocycles. The van der Waals surface area contributed by atoms with Gasteiger partial charge in [0.2, 0.25) is 0 Å². The number of non-ortho nitro benzene ring substituents is 1. The SMILES string of the molecule is O=[N+]([O-])c1ccc(S(=O)(=O)CCCCl)c2cnccc12. The van der Waals surface area contributed by atoms with Crippen LogP contribution in [0.25, 0.3) is 10.8 Å². The van der Waals surface area contributed by atoms with Gasteiger partial charge in [-0.3, -0.25) is 15.1 Å². The molecular weight excluding hydrogens is 304 g/mol. The number of halogens is 1. The van der Waals surface area contributed by atoms with E-state index in [1.54, 1.807) is 0 Å². The summed E-state index contributed by atoms with van der Waals surface area (Å²) in [5.41, 5.74) is -0.140. The minimum Gasteiger partial charge on any atom is -0.264 e. The molecule has 2 rings (SSSR count). The number of sulfone groups is 1. The van der Waals surface area contributed by atoms with Crippen molar-refractivity contribution in [2.75, 3.05) is 11.6 Å². The average Bonchev–Trinajstić information content (AvgIpc) is 2.43. The molecule has 20 heavy (non-hydrogen) atoms. The number of pyridine rings is 1. The van der Waals surface area contributed by atoms with Crippen LogP contribution < -0.4 is 0 Å². The Kier molecular flexibility index (Phi) is 4.20. The lowest BCUT2D eigenvalue weighted by molar-refractivity contribution is -0.383. The summed E-state index contributed by atoms with van der Waals surface area (Å²) >= 11 is 5.51. The van der Waals surface area contributed by atoms with Crippen molar-refractivity contribution in [3.05, 3.63) is 40.7 Å².